The molecule has 1 heterocycles. The quantitative estimate of drug-likeness (QED) is 0.431. The van der Waals surface area contributed by atoms with Gasteiger partial charge in [-0.15, -0.1) is 0 Å². The minimum Gasteiger partial charge on any atom is -0.305 e. The molecule has 0 spiro atoms. The fourth-order valence-corrected chi connectivity index (χ4v) is 7.49. The Hall–Kier alpha value is -1.58. The van der Waals surface area contributed by atoms with E-state index in [9.17, 15) is 17.8 Å². The molecule has 11 heteroatoms. The van der Waals surface area contributed by atoms with Gasteiger partial charge in [0.2, 0.25) is 5.91 Å². The Labute approximate surface area is 199 Å². The molecule has 1 N–H and O–H groups in total. The van der Waals surface area contributed by atoms with Crippen LogP contribution in [0, 0.1) is 5.92 Å². The van der Waals surface area contributed by atoms with Crippen LogP contribution in [-0.2, 0) is 28.2 Å². The summed E-state index contributed by atoms with van der Waals surface area (Å²) in [6.45, 7) is 3.92. The molecule has 182 valence electrons. The van der Waals surface area contributed by atoms with Crippen LogP contribution in [0.1, 0.15) is 57.4 Å². The molecule has 1 aliphatic carbocycles. The van der Waals surface area contributed by atoms with E-state index < -0.39 is 23.4 Å². The maximum absolute atomic E-state index is 13.3. The Balaban J connectivity index is 1.82. The summed E-state index contributed by atoms with van der Waals surface area (Å²) in [5.41, 5.74) is 0.762. The molecule has 0 bridgehead atoms. The largest absolute Gasteiger partial charge is 0.372 e. The first-order chi connectivity index (χ1) is 15.7. The van der Waals surface area contributed by atoms with E-state index in [2.05, 4.69) is 10.3 Å². The van der Waals surface area contributed by atoms with Crippen molar-refractivity contribution >= 4 is 44.4 Å². The Bertz CT molecular complexity index is 1080. The van der Waals surface area contributed by atoms with Gasteiger partial charge in [0, 0.05) is 6.26 Å². The maximum atomic E-state index is 13.3. The summed E-state index contributed by atoms with van der Waals surface area (Å²) in [7, 11) is -6.79. The second-order valence-electron chi connectivity index (χ2n) is 8.11. The normalized spacial score (nSPS) is 16.1. The minimum atomic E-state index is -3.47. The number of carbonyl (C=O) groups is 1. The van der Waals surface area contributed by atoms with Crippen molar-refractivity contribution in [2.24, 2.45) is 5.92 Å². The topological polar surface area (TPSA) is 112 Å². The standard InChI is InChI=1S/C22H31N2O6PS2/c1-4-29-31(26,30-5-2)20-15-23-22(32-20)24-21(25)19(14-16-8-6-7-9-16)17-10-12-18(13-11-17)33(3,27)28/h10-13,15-16,19H,4-9,14H2,1-3H3,(H,23,24,25)/t19-/m1/s1. The molecule has 1 aromatic carbocycles. The fourth-order valence-electron chi connectivity index (χ4n) is 4.07. The highest BCUT2D eigenvalue weighted by atomic mass is 32.2. The van der Waals surface area contributed by atoms with Gasteiger partial charge in [0.05, 0.1) is 30.2 Å². The Kier molecular flexibility index (Phi) is 8.86. The van der Waals surface area contributed by atoms with E-state index in [1.54, 1.807) is 38.1 Å². The number of nitrogens with one attached hydrogen (secondary N) is 1. The SMILES string of the molecule is CCOP(=O)(OCC)c1cnc(NC(=O)[C@H](CC2CCCC2)c2ccc(S(C)(=O)=O)cc2)s1. The second-order valence-corrected chi connectivity index (χ2v) is 13.4. The van der Waals surface area contributed by atoms with Gasteiger partial charge in [-0.2, -0.15) is 0 Å². The summed E-state index contributed by atoms with van der Waals surface area (Å²) in [6.07, 6.45) is 7.74. The lowest BCUT2D eigenvalue weighted by atomic mass is 9.87. The smallest absolute Gasteiger partial charge is 0.305 e. The lowest BCUT2D eigenvalue weighted by Crippen LogP contribution is -2.23. The van der Waals surface area contributed by atoms with Gasteiger partial charge in [0.25, 0.3) is 0 Å². The van der Waals surface area contributed by atoms with E-state index in [4.69, 9.17) is 9.05 Å². The third-order valence-electron chi connectivity index (χ3n) is 5.66. The molecule has 0 aliphatic heterocycles. The summed E-state index contributed by atoms with van der Waals surface area (Å²) in [4.78, 5) is 17.7. The predicted octanol–water partition coefficient (Wildman–Crippen LogP) is 4.74. The van der Waals surface area contributed by atoms with Crippen molar-refractivity contribution in [3.05, 3.63) is 36.0 Å². The summed E-state index contributed by atoms with van der Waals surface area (Å²) in [6, 6.07) is 6.51. The van der Waals surface area contributed by atoms with E-state index in [0.717, 1.165) is 48.8 Å². The Morgan fingerprint density at radius 2 is 1.79 bits per heavy atom. The molecule has 8 nitrogen and oxygen atoms in total. The highest BCUT2D eigenvalue weighted by molar-refractivity contribution is 7.90. The van der Waals surface area contributed by atoms with E-state index in [0.29, 0.717) is 22.1 Å². The van der Waals surface area contributed by atoms with Crippen LogP contribution in [-0.4, -0.2) is 38.8 Å². The van der Waals surface area contributed by atoms with Crippen LogP contribution in [0.25, 0.3) is 0 Å². The molecule has 3 rings (SSSR count). The third-order valence-corrected chi connectivity index (χ3v) is 10.3. The molecule has 0 unspecified atom stereocenters. The highest BCUT2D eigenvalue weighted by Gasteiger charge is 2.31. The van der Waals surface area contributed by atoms with Gasteiger partial charge in [-0.25, -0.2) is 13.4 Å². The monoisotopic (exact) mass is 514 g/mol. The average molecular weight is 515 g/mol. The lowest BCUT2D eigenvalue weighted by molar-refractivity contribution is -0.118. The van der Waals surface area contributed by atoms with Crippen molar-refractivity contribution in [3.63, 3.8) is 0 Å². The number of rotatable bonds is 11. The number of sulfone groups is 1. The number of aromatic nitrogens is 1. The van der Waals surface area contributed by atoms with Crippen molar-refractivity contribution in [3.8, 4) is 0 Å². The first kappa shape index (κ1) is 26.0. The number of thiazole rings is 1. The first-order valence-corrected chi connectivity index (χ1v) is 15.4. The number of hydrogen-bond acceptors (Lipinski definition) is 8. The van der Waals surface area contributed by atoms with Crippen molar-refractivity contribution in [1.29, 1.82) is 0 Å². The van der Waals surface area contributed by atoms with Gasteiger partial charge in [0.1, 0.15) is 4.62 Å². The number of anilines is 1. The van der Waals surface area contributed by atoms with Crippen LogP contribution in [0.2, 0.25) is 0 Å². The fraction of sp³-hybridized carbons (Fsp3) is 0.545. The first-order valence-electron chi connectivity index (χ1n) is 11.1. The van der Waals surface area contributed by atoms with Gasteiger partial charge in [-0.1, -0.05) is 49.2 Å². The molecule has 33 heavy (non-hydrogen) atoms. The molecule has 0 saturated heterocycles. The third kappa shape index (κ3) is 6.73. The van der Waals surface area contributed by atoms with Gasteiger partial charge in [0.15, 0.2) is 15.0 Å². The molecule has 2 aromatic rings. The van der Waals surface area contributed by atoms with E-state index in [1.165, 1.54) is 6.20 Å². The van der Waals surface area contributed by atoms with Crippen LogP contribution < -0.4 is 9.94 Å². The van der Waals surface area contributed by atoms with Crippen LogP contribution in [0.5, 0.6) is 0 Å². The van der Waals surface area contributed by atoms with Crippen LogP contribution in [0.3, 0.4) is 0 Å². The lowest BCUT2D eigenvalue weighted by Gasteiger charge is -2.20. The molecule has 1 atom stereocenters. The van der Waals surface area contributed by atoms with Crippen LogP contribution in [0.15, 0.2) is 35.4 Å². The molecule has 1 fully saturated rings. The van der Waals surface area contributed by atoms with Crippen molar-refractivity contribution in [2.45, 2.75) is 56.8 Å². The van der Waals surface area contributed by atoms with E-state index in [1.807, 2.05) is 0 Å². The van der Waals surface area contributed by atoms with Crippen LogP contribution >= 0.6 is 18.9 Å². The summed E-state index contributed by atoms with van der Waals surface area (Å²) in [5, 5.41) is 3.17. The minimum absolute atomic E-state index is 0.221. The van der Waals surface area contributed by atoms with E-state index in [-0.39, 0.29) is 24.0 Å². The number of nitrogens with zero attached hydrogens (tertiary/aromatic N) is 1. The van der Waals surface area contributed by atoms with Crippen LogP contribution in [0.4, 0.5) is 5.13 Å². The van der Waals surface area contributed by atoms with Crippen molar-refractivity contribution in [1.82, 2.24) is 4.98 Å². The highest BCUT2D eigenvalue weighted by Crippen LogP contribution is 2.48. The molecule has 1 aliphatic rings. The number of benzene rings is 1. The zero-order valence-electron chi connectivity index (χ0n) is 19.2. The molecule has 1 saturated carbocycles. The van der Waals surface area contributed by atoms with Gasteiger partial charge in [-0.3, -0.25) is 9.36 Å². The Morgan fingerprint density at radius 1 is 1.18 bits per heavy atom. The summed E-state index contributed by atoms with van der Waals surface area (Å²) >= 11 is 1.07. The molecule has 1 amide bonds. The summed E-state index contributed by atoms with van der Waals surface area (Å²) in [5.74, 6) is -0.226. The van der Waals surface area contributed by atoms with Crippen molar-refractivity contribution < 1.29 is 26.8 Å². The number of carbonyl (C=O) groups excluding carboxylic acids is 1. The number of amides is 1. The zero-order valence-corrected chi connectivity index (χ0v) is 21.7. The maximum Gasteiger partial charge on any atom is 0.372 e. The molecule has 0 radical (unpaired) electrons. The van der Waals surface area contributed by atoms with Gasteiger partial charge >= 0.3 is 7.60 Å². The van der Waals surface area contributed by atoms with E-state index >= 15 is 0 Å². The zero-order chi connectivity index (χ0) is 24.1. The van der Waals surface area contributed by atoms with Crippen molar-refractivity contribution in [2.75, 3.05) is 24.8 Å². The average Bonchev–Trinajstić information content (AvgIpc) is 3.44. The summed E-state index contributed by atoms with van der Waals surface area (Å²) < 4.78 is 47.7. The van der Waals surface area contributed by atoms with Gasteiger partial charge < -0.3 is 14.4 Å². The molecular weight excluding hydrogens is 483 g/mol. The number of hydrogen-bond donors (Lipinski definition) is 1. The predicted molar refractivity (Wildman–Crippen MR) is 130 cm³/mol. The molecular formula is C22H31N2O6PS2. The molecule has 1 aromatic heterocycles. The second kappa shape index (κ2) is 11.2. The Morgan fingerprint density at radius 3 is 2.33 bits per heavy atom. The van der Waals surface area contributed by atoms with Gasteiger partial charge in [-0.05, 0) is 43.9 Å².